The number of nitrogens with two attached hydrogens (primary N) is 1. The van der Waals surface area contributed by atoms with Crippen molar-refractivity contribution in [1.29, 1.82) is 0 Å². The highest BCUT2D eigenvalue weighted by atomic mass is 15.2. The molecule has 20 heavy (non-hydrogen) atoms. The first kappa shape index (κ1) is 13.7. The Morgan fingerprint density at radius 3 is 2.95 bits per heavy atom. The van der Waals surface area contributed by atoms with Crippen molar-refractivity contribution < 1.29 is 0 Å². The van der Waals surface area contributed by atoms with E-state index >= 15 is 0 Å². The highest BCUT2D eigenvalue weighted by molar-refractivity contribution is 5.84. The number of hydrogen-bond donors (Lipinski definition) is 2. The normalized spacial score (nSPS) is 24.4. The van der Waals surface area contributed by atoms with Gasteiger partial charge in [0.05, 0.1) is 0 Å². The topological polar surface area (TPSA) is 45.0 Å². The Bertz CT molecular complexity index is 587. The zero-order valence-electron chi connectivity index (χ0n) is 12.5. The van der Waals surface area contributed by atoms with E-state index in [-0.39, 0.29) is 0 Å². The highest BCUT2D eigenvalue weighted by Gasteiger charge is 2.26. The van der Waals surface area contributed by atoms with Gasteiger partial charge in [-0.25, -0.2) is 0 Å². The fourth-order valence-electron chi connectivity index (χ4n) is 3.50. The third kappa shape index (κ3) is 2.48. The Hall–Kier alpha value is -1.32. The molecular weight excluding hydrogens is 246 g/mol. The first-order valence-corrected chi connectivity index (χ1v) is 7.69. The molecule has 0 spiro atoms. The van der Waals surface area contributed by atoms with E-state index < -0.39 is 0 Å². The number of nitrogens with one attached hydrogen (secondary N) is 1. The summed E-state index contributed by atoms with van der Waals surface area (Å²) in [6.07, 6.45) is 2.52. The Labute approximate surface area is 121 Å². The lowest BCUT2D eigenvalue weighted by Gasteiger charge is -2.38. The molecule has 0 saturated carbocycles. The molecule has 2 atom stereocenters. The van der Waals surface area contributed by atoms with Gasteiger partial charge in [-0.2, -0.15) is 0 Å². The number of aromatic nitrogens is 1. The zero-order chi connectivity index (χ0) is 14.1. The van der Waals surface area contributed by atoms with Crippen molar-refractivity contribution in [1.82, 2.24) is 9.88 Å². The quantitative estimate of drug-likeness (QED) is 0.901. The van der Waals surface area contributed by atoms with E-state index in [1.54, 1.807) is 0 Å². The van der Waals surface area contributed by atoms with Crippen LogP contribution in [0, 0.1) is 12.8 Å². The number of hydrogen-bond acceptors (Lipinski definition) is 2. The van der Waals surface area contributed by atoms with E-state index in [9.17, 15) is 0 Å². The summed E-state index contributed by atoms with van der Waals surface area (Å²) >= 11 is 0. The lowest BCUT2D eigenvalue weighted by atomic mass is 9.92. The first-order valence-electron chi connectivity index (χ1n) is 7.69. The minimum absolute atomic E-state index is 0.534. The molecule has 2 aromatic rings. The van der Waals surface area contributed by atoms with Crippen molar-refractivity contribution in [3.8, 4) is 0 Å². The number of H-pyrrole nitrogens is 1. The summed E-state index contributed by atoms with van der Waals surface area (Å²) in [5.41, 5.74) is 9.96. The van der Waals surface area contributed by atoms with Crippen LogP contribution in [0.15, 0.2) is 24.3 Å². The van der Waals surface area contributed by atoms with Crippen molar-refractivity contribution in [3.05, 3.63) is 35.5 Å². The molecule has 1 aliphatic rings. The number of aryl methyl sites for hydroxylation is 1. The molecule has 108 valence electrons. The molecule has 1 saturated heterocycles. The molecule has 1 aliphatic heterocycles. The third-order valence-electron chi connectivity index (χ3n) is 4.76. The second-order valence-corrected chi connectivity index (χ2v) is 6.26. The number of rotatable bonds is 3. The molecule has 0 amide bonds. The number of benzene rings is 1. The molecule has 3 N–H and O–H groups in total. The number of fused-ring (bicyclic) bond motifs is 1. The molecule has 0 bridgehead atoms. The van der Waals surface area contributed by atoms with Crippen LogP contribution in [0.3, 0.4) is 0 Å². The van der Waals surface area contributed by atoms with Crippen molar-refractivity contribution in [3.63, 3.8) is 0 Å². The van der Waals surface area contributed by atoms with Crippen LogP contribution in [-0.4, -0.2) is 29.0 Å². The molecule has 2 heterocycles. The van der Waals surface area contributed by atoms with Crippen molar-refractivity contribution in [2.75, 3.05) is 13.1 Å². The molecule has 1 aromatic carbocycles. The van der Waals surface area contributed by atoms with Crippen LogP contribution < -0.4 is 5.73 Å². The van der Waals surface area contributed by atoms with Crippen LogP contribution in [-0.2, 0) is 6.54 Å². The van der Waals surface area contributed by atoms with Gasteiger partial charge in [0.1, 0.15) is 0 Å². The molecule has 1 fully saturated rings. The third-order valence-corrected chi connectivity index (χ3v) is 4.76. The number of para-hydroxylation sites is 1. The van der Waals surface area contributed by atoms with Gasteiger partial charge in [0.15, 0.2) is 0 Å². The van der Waals surface area contributed by atoms with Crippen molar-refractivity contribution in [2.45, 2.75) is 39.3 Å². The number of aromatic amines is 1. The molecule has 1 aromatic heterocycles. The number of likely N-dealkylation sites (tertiary alicyclic amines) is 1. The van der Waals surface area contributed by atoms with Crippen LogP contribution in [0.2, 0.25) is 0 Å². The fourth-order valence-corrected chi connectivity index (χ4v) is 3.50. The van der Waals surface area contributed by atoms with E-state index in [0.717, 1.165) is 19.0 Å². The van der Waals surface area contributed by atoms with E-state index in [4.69, 9.17) is 5.73 Å². The number of piperidine rings is 1. The second-order valence-electron chi connectivity index (χ2n) is 6.26. The van der Waals surface area contributed by atoms with Gasteiger partial charge in [0.2, 0.25) is 0 Å². The zero-order valence-corrected chi connectivity index (χ0v) is 12.5. The molecular formula is C17H25N3. The molecule has 0 radical (unpaired) electrons. The van der Waals surface area contributed by atoms with Gasteiger partial charge in [-0.1, -0.05) is 25.1 Å². The monoisotopic (exact) mass is 271 g/mol. The minimum atomic E-state index is 0.534. The minimum Gasteiger partial charge on any atom is -0.358 e. The standard InChI is InChI=1S/C17H25N3/c1-12-7-8-20(14(9-12)10-18)11-16-13(2)19-17-6-4-3-5-15(16)17/h3-6,12,14,19H,7-11,18H2,1-2H3. The fraction of sp³-hybridized carbons (Fsp3) is 0.529. The van der Waals surface area contributed by atoms with Gasteiger partial charge in [0, 0.05) is 35.7 Å². The van der Waals surface area contributed by atoms with Gasteiger partial charge >= 0.3 is 0 Å². The first-order chi connectivity index (χ1) is 9.69. The lowest BCUT2D eigenvalue weighted by Crippen LogP contribution is -2.45. The molecule has 3 heteroatoms. The van der Waals surface area contributed by atoms with E-state index in [2.05, 4.69) is 48.0 Å². The smallest absolute Gasteiger partial charge is 0.0459 e. The van der Waals surface area contributed by atoms with Gasteiger partial charge in [0.25, 0.3) is 0 Å². The summed E-state index contributed by atoms with van der Waals surface area (Å²) in [6.45, 7) is 7.48. The summed E-state index contributed by atoms with van der Waals surface area (Å²) in [6, 6.07) is 9.13. The summed E-state index contributed by atoms with van der Waals surface area (Å²) in [5, 5.41) is 1.36. The Kier molecular flexibility index (Phi) is 3.81. The molecule has 0 aliphatic carbocycles. The molecule has 3 rings (SSSR count). The maximum absolute atomic E-state index is 5.99. The maximum Gasteiger partial charge on any atom is 0.0459 e. The largest absolute Gasteiger partial charge is 0.358 e. The van der Waals surface area contributed by atoms with Crippen LogP contribution in [0.4, 0.5) is 0 Å². The van der Waals surface area contributed by atoms with Crippen LogP contribution >= 0.6 is 0 Å². The predicted octanol–water partition coefficient (Wildman–Crippen LogP) is 3.04. The van der Waals surface area contributed by atoms with Gasteiger partial charge in [-0.05, 0) is 43.9 Å². The summed E-state index contributed by atoms with van der Waals surface area (Å²) in [4.78, 5) is 6.07. The van der Waals surface area contributed by atoms with E-state index in [0.29, 0.717) is 6.04 Å². The van der Waals surface area contributed by atoms with Gasteiger partial charge in [-0.15, -0.1) is 0 Å². The van der Waals surface area contributed by atoms with E-state index in [1.807, 2.05) is 0 Å². The average Bonchev–Trinajstić information content (AvgIpc) is 2.77. The van der Waals surface area contributed by atoms with Crippen LogP contribution in [0.25, 0.3) is 10.9 Å². The molecule has 2 unspecified atom stereocenters. The summed E-state index contributed by atoms with van der Waals surface area (Å²) in [7, 11) is 0. The summed E-state index contributed by atoms with van der Waals surface area (Å²) < 4.78 is 0. The number of nitrogens with zero attached hydrogens (tertiary/aromatic N) is 1. The average molecular weight is 271 g/mol. The van der Waals surface area contributed by atoms with Gasteiger partial charge < -0.3 is 10.7 Å². The summed E-state index contributed by atoms with van der Waals surface area (Å²) in [5.74, 6) is 0.809. The predicted molar refractivity (Wildman–Crippen MR) is 84.7 cm³/mol. The lowest BCUT2D eigenvalue weighted by molar-refractivity contribution is 0.115. The maximum atomic E-state index is 5.99. The van der Waals surface area contributed by atoms with Crippen LogP contribution in [0.1, 0.15) is 31.0 Å². The van der Waals surface area contributed by atoms with Crippen LogP contribution in [0.5, 0.6) is 0 Å². The second kappa shape index (κ2) is 5.58. The Balaban J connectivity index is 1.87. The SMILES string of the molecule is Cc1[nH]c2ccccc2c1CN1CCC(C)CC1CN. The highest BCUT2D eigenvalue weighted by Crippen LogP contribution is 2.28. The van der Waals surface area contributed by atoms with Gasteiger partial charge in [-0.3, -0.25) is 4.90 Å². The van der Waals surface area contributed by atoms with Crippen molar-refractivity contribution in [2.24, 2.45) is 11.7 Å². The Morgan fingerprint density at radius 2 is 2.15 bits per heavy atom. The molecule has 3 nitrogen and oxygen atoms in total. The Morgan fingerprint density at radius 1 is 1.35 bits per heavy atom. The van der Waals surface area contributed by atoms with Crippen molar-refractivity contribution >= 4 is 10.9 Å². The van der Waals surface area contributed by atoms with E-state index in [1.165, 1.54) is 41.5 Å².